The molecule has 0 radical (unpaired) electrons. The molecule has 1 amide bonds. The molecule has 1 saturated carbocycles. The van der Waals surface area contributed by atoms with Gasteiger partial charge >= 0.3 is 6.09 Å². The van der Waals surface area contributed by atoms with E-state index < -0.39 is 11.7 Å². The summed E-state index contributed by atoms with van der Waals surface area (Å²) in [5.41, 5.74) is 4.76. The molecule has 1 fully saturated rings. The second-order valence-electron chi connectivity index (χ2n) is 3.80. The van der Waals surface area contributed by atoms with E-state index in [1.807, 2.05) is 0 Å². The van der Waals surface area contributed by atoms with Gasteiger partial charge in [-0.15, -0.1) is 0 Å². The Morgan fingerprint density at radius 2 is 2.07 bits per heavy atom. The minimum absolute atomic E-state index is 0.354. The quantitative estimate of drug-likeness (QED) is 0.772. The van der Waals surface area contributed by atoms with Crippen molar-refractivity contribution in [3.63, 3.8) is 0 Å². The first-order chi connectivity index (χ1) is 7.12. The Bertz CT molecular complexity index is 385. The van der Waals surface area contributed by atoms with Crippen molar-refractivity contribution in [1.82, 2.24) is 0 Å². The molecule has 1 aromatic rings. The van der Waals surface area contributed by atoms with Crippen molar-refractivity contribution in [3.8, 4) is 5.75 Å². The van der Waals surface area contributed by atoms with Crippen LogP contribution in [-0.2, 0) is 5.60 Å². The van der Waals surface area contributed by atoms with Crippen LogP contribution < -0.4 is 10.5 Å². The van der Waals surface area contributed by atoms with Gasteiger partial charge in [0.25, 0.3) is 0 Å². The molecule has 0 bridgehead atoms. The molecule has 0 unspecified atom stereocenters. The van der Waals surface area contributed by atoms with Gasteiger partial charge in [0, 0.05) is 5.56 Å². The smallest absolute Gasteiger partial charge is 0.409 e. The number of aliphatic hydroxyl groups is 1. The Balaban J connectivity index is 2.33. The van der Waals surface area contributed by atoms with E-state index in [4.69, 9.17) is 10.5 Å². The molecule has 0 aromatic heterocycles. The summed E-state index contributed by atoms with van der Waals surface area (Å²) in [5, 5.41) is 10.1. The molecule has 3 N–H and O–H groups in total. The second-order valence-corrected chi connectivity index (χ2v) is 3.80. The molecule has 1 aliphatic carbocycles. The van der Waals surface area contributed by atoms with E-state index >= 15 is 0 Å². The van der Waals surface area contributed by atoms with Crippen molar-refractivity contribution in [2.24, 2.45) is 5.73 Å². The van der Waals surface area contributed by atoms with Gasteiger partial charge in [-0.1, -0.05) is 18.2 Å². The van der Waals surface area contributed by atoms with Crippen LogP contribution in [0.25, 0.3) is 0 Å². The number of primary amides is 1. The third kappa shape index (κ3) is 1.80. The third-order valence-electron chi connectivity index (χ3n) is 2.78. The molecular formula is C11H13NO3. The van der Waals surface area contributed by atoms with Crippen LogP contribution in [0.15, 0.2) is 24.3 Å². The van der Waals surface area contributed by atoms with Gasteiger partial charge < -0.3 is 15.6 Å². The predicted octanol–water partition coefficient (Wildman–Crippen LogP) is 1.52. The first-order valence-electron chi connectivity index (χ1n) is 4.91. The Labute approximate surface area is 87.7 Å². The van der Waals surface area contributed by atoms with Gasteiger partial charge in [-0.05, 0) is 25.3 Å². The topological polar surface area (TPSA) is 72.6 Å². The number of carbonyl (C=O) groups is 1. The summed E-state index contributed by atoms with van der Waals surface area (Å²) in [6, 6.07) is 6.94. The molecule has 15 heavy (non-hydrogen) atoms. The minimum Gasteiger partial charge on any atom is -0.410 e. The first-order valence-corrected chi connectivity index (χ1v) is 4.91. The van der Waals surface area contributed by atoms with Crippen LogP contribution in [0.5, 0.6) is 5.75 Å². The maximum Gasteiger partial charge on any atom is 0.409 e. The van der Waals surface area contributed by atoms with Crippen LogP contribution in [0, 0.1) is 0 Å². The SMILES string of the molecule is NC(=O)Oc1ccccc1C1(O)CCC1. The summed E-state index contributed by atoms with van der Waals surface area (Å²) in [7, 11) is 0. The molecule has 0 spiro atoms. The number of amides is 1. The van der Waals surface area contributed by atoms with E-state index in [1.165, 1.54) is 0 Å². The number of hydrogen-bond acceptors (Lipinski definition) is 3. The van der Waals surface area contributed by atoms with Gasteiger partial charge in [0.05, 0.1) is 5.60 Å². The maximum atomic E-state index is 10.7. The first kappa shape index (κ1) is 9.98. The summed E-state index contributed by atoms with van der Waals surface area (Å²) in [6.07, 6.45) is 1.53. The zero-order valence-electron chi connectivity index (χ0n) is 8.27. The summed E-state index contributed by atoms with van der Waals surface area (Å²) in [5.74, 6) is 0.354. The van der Waals surface area contributed by atoms with Gasteiger partial charge in [-0.25, -0.2) is 4.79 Å². The zero-order valence-corrected chi connectivity index (χ0v) is 8.27. The fourth-order valence-corrected chi connectivity index (χ4v) is 1.83. The van der Waals surface area contributed by atoms with E-state index in [-0.39, 0.29) is 0 Å². The maximum absolute atomic E-state index is 10.7. The average molecular weight is 207 g/mol. The van der Waals surface area contributed by atoms with Crippen molar-refractivity contribution < 1.29 is 14.6 Å². The number of carbonyl (C=O) groups excluding carboxylic acids is 1. The fraction of sp³-hybridized carbons (Fsp3) is 0.364. The highest BCUT2D eigenvalue weighted by Gasteiger charge is 2.38. The van der Waals surface area contributed by atoms with Crippen LogP contribution in [0.3, 0.4) is 0 Å². The summed E-state index contributed by atoms with van der Waals surface area (Å²) < 4.78 is 4.85. The fourth-order valence-electron chi connectivity index (χ4n) is 1.83. The molecule has 0 heterocycles. The number of rotatable bonds is 2. The average Bonchev–Trinajstić information content (AvgIpc) is 2.14. The lowest BCUT2D eigenvalue weighted by atomic mass is 9.75. The monoisotopic (exact) mass is 207 g/mol. The standard InChI is InChI=1S/C11H13NO3/c12-10(13)15-9-5-2-1-4-8(9)11(14)6-3-7-11/h1-2,4-5,14H,3,6-7H2,(H2,12,13). The molecule has 2 rings (SSSR count). The molecule has 1 aliphatic rings. The Morgan fingerprint density at radius 3 is 2.60 bits per heavy atom. The molecule has 0 atom stereocenters. The van der Waals surface area contributed by atoms with Crippen molar-refractivity contribution in [2.45, 2.75) is 24.9 Å². The molecule has 0 saturated heterocycles. The highest BCUT2D eigenvalue weighted by Crippen LogP contribution is 2.44. The highest BCUT2D eigenvalue weighted by atomic mass is 16.5. The van der Waals surface area contributed by atoms with Crippen LogP contribution in [0.4, 0.5) is 4.79 Å². The van der Waals surface area contributed by atoms with Gasteiger partial charge in [0.15, 0.2) is 0 Å². The van der Waals surface area contributed by atoms with E-state index in [9.17, 15) is 9.90 Å². The normalized spacial score (nSPS) is 17.9. The minimum atomic E-state index is -0.856. The lowest BCUT2D eigenvalue weighted by molar-refractivity contribution is -0.0401. The van der Waals surface area contributed by atoms with Crippen LogP contribution in [0.1, 0.15) is 24.8 Å². The Hall–Kier alpha value is -1.55. The van der Waals surface area contributed by atoms with Gasteiger partial charge in [-0.2, -0.15) is 0 Å². The lowest BCUT2D eigenvalue weighted by Gasteiger charge is -2.37. The number of para-hydroxylation sites is 1. The third-order valence-corrected chi connectivity index (χ3v) is 2.78. The molecule has 80 valence electrons. The molecular weight excluding hydrogens is 194 g/mol. The van der Waals surface area contributed by atoms with Crippen LogP contribution >= 0.6 is 0 Å². The molecule has 0 aliphatic heterocycles. The van der Waals surface area contributed by atoms with Crippen LogP contribution in [-0.4, -0.2) is 11.2 Å². The Morgan fingerprint density at radius 1 is 1.40 bits per heavy atom. The number of nitrogens with two attached hydrogens (primary N) is 1. The predicted molar refractivity (Wildman–Crippen MR) is 54.4 cm³/mol. The van der Waals surface area contributed by atoms with Crippen LogP contribution in [0.2, 0.25) is 0 Å². The number of benzene rings is 1. The highest BCUT2D eigenvalue weighted by molar-refractivity contribution is 5.68. The van der Waals surface area contributed by atoms with Gasteiger partial charge in [0.2, 0.25) is 0 Å². The second kappa shape index (κ2) is 3.55. The summed E-state index contributed by atoms with van der Waals surface area (Å²) in [6.45, 7) is 0. The van der Waals surface area contributed by atoms with E-state index in [0.29, 0.717) is 24.2 Å². The Kier molecular flexibility index (Phi) is 2.36. The van der Waals surface area contributed by atoms with E-state index in [0.717, 1.165) is 6.42 Å². The van der Waals surface area contributed by atoms with E-state index in [2.05, 4.69) is 0 Å². The van der Waals surface area contributed by atoms with Crippen molar-refractivity contribution in [2.75, 3.05) is 0 Å². The number of ether oxygens (including phenoxy) is 1. The van der Waals surface area contributed by atoms with Crippen molar-refractivity contribution >= 4 is 6.09 Å². The molecule has 1 aromatic carbocycles. The van der Waals surface area contributed by atoms with Crippen molar-refractivity contribution in [1.29, 1.82) is 0 Å². The number of hydrogen-bond donors (Lipinski definition) is 2. The lowest BCUT2D eigenvalue weighted by Crippen LogP contribution is -2.34. The summed E-state index contributed by atoms with van der Waals surface area (Å²) in [4.78, 5) is 10.7. The molecule has 4 nitrogen and oxygen atoms in total. The van der Waals surface area contributed by atoms with E-state index in [1.54, 1.807) is 24.3 Å². The molecule has 4 heteroatoms. The van der Waals surface area contributed by atoms with Crippen molar-refractivity contribution in [3.05, 3.63) is 29.8 Å². The summed E-state index contributed by atoms with van der Waals surface area (Å²) >= 11 is 0. The largest absolute Gasteiger partial charge is 0.410 e. The van der Waals surface area contributed by atoms with Gasteiger partial charge in [-0.3, -0.25) is 0 Å². The van der Waals surface area contributed by atoms with Gasteiger partial charge in [0.1, 0.15) is 5.75 Å². The zero-order chi connectivity index (χ0) is 10.9.